The summed E-state index contributed by atoms with van der Waals surface area (Å²) in [5.41, 5.74) is 31.5. The van der Waals surface area contributed by atoms with E-state index in [0.29, 0.717) is 20.5 Å². The molecule has 0 unspecified atom stereocenters. The molecule has 9 rings (SSSR count). The monoisotopic (exact) mass is 1340 g/mol. The van der Waals surface area contributed by atoms with E-state index in [4.69, 9.17) is 48.0 Å². The fourth-order valence-corrected chi connectivity index (χ4v) is 7.68. The fraction of sp³-hybridized carbons (Fsp3) is 0.128. The zero-order valence-corrected chi connectivity index (χ0v) is 45.9. The number of aromatic nitrogens is 4. The van der Waals surface area contributed by atoms with Crippen molar-refractivity contribution in [3.05, 3.63) is 97.1 Å². The summed E-state index contributed by atoms with van der Waals surface area (Å²) in [5, 5.41) is 20.6. The lowest BCUT2D eigenvalue weighted by molar-refractivity contribution is 0.415. The van der Waals surface area contributed by atoms with Crippen LogP contribution < -0.4 is 42.9 Å². The van der Waals surface area contributed by atoms with Crippen LogP contribution in [0.4, 0.5) is 26.2 Å². The van der Waals surface area contributed by atoms with Crippen molar-refractivity contribution >= 4 is 213 Å². The third kappa shape index (κ3) is 21.5. The second kappa shape index (κ2) is 30.9. The van der Waals surface area contributed by atoms with Crippen LogP contribution in [0.5, 0.6) is 28.7 Å². The lowest BCUT2D eigenvalue weighted by Gasteiger charge is -1.97. The van der Waals surface area contributed by atoms with Gasteiger partial charge in [0.05, 0.1) is 62.2 Å². The summed E-state index contributed by atoms with van der Waals surface area (Å²) >= 11 is 24.3. The Morgan fingerprint density at radius 3 is 1.40 bits per heavy atom. The van der Waals surface area contributed by atoms with Gasteiger partial charge in [0.1, 0.15) is 28.7 Å². The van der Waals surface area contributed by atoms with Gasteiger partial charge in [0.15, 0.2) is 20.5 Å². The van der Waals surface area contributed by atoms with Gasteiger partial charge in [0.2, 0.25) is 0 Å². The molecule has 0 saturated carbocycles. The minimum Gasteiger partial charge on any atom is -0.508 e. The van der Waals surface area contributed by atoms with E-state index in [1.807, 2.05) is 60.7 Å². The van der Waals surface area contributed by atoms with E-state index in [2.05, 4.69) is 114 Å². The molecule has 0 bridgehead atoms. The third-order valence-corrected chi connectivity index (χ3v) is 10.7. The van der Waals surface area contributed by atoms with Gasteiger partial charge in [-0.15, -0.1) is 94.5 Å². The van der Waals surface area contributed by atoms with Crippen LogP contribution in [0.15, 0.2) is 97.1 Å². The average Bonchev–Trinajstić information content (AvgIpc) is 4.01. The molecule has 0 atom stereocenters. The number of rotatable bonds is 3. The van der Waals surface area contributed by atoms with Crippen LogP contribution in [0.1, 0.15) is 14.9 Å². The number of fused-ring (bicyclic) bond motifs is 4. The molecule has 0 fully saturated rings. The topological polar surface area (TPSA) is 250 Å². The predicted octanol–water partition coefficient (Wildman–Crippen LogP) is 13.8. The lowest BCUT2D eigenvalue weighted by atomic mass is 10.3. The van der Waals surface area contributed by atoms with Crippen LogP contribution in [0.25, 0.3) is 40.9 Å². The van der Waals surface area contributed by atoms with E-state index in [1.165, 1.54) is 45.3 Å². The molecule has 0 aliphatic heterocycles. The average molecular weight is 1350 g/mol. The first-order valence-electron chi connectivity index (χ1n) is 17.2. The molecule has 0 saturated heterocycles. The lowest BCUT2D eigenvalue weighted by Crippen LogP contribution is -1.86. The number of phenols is 2. The molecule has 0 aliphatic carbocycles. The van der Waals surface area contributed by atoms with Gasteiger partial charge in [-0.05, 0) is 60.7 Å². The molecular weight excluding hydrogens is 1300 g/mol. The molecule has 12 N–H and O–H groups in total. The summed E-state index contributed by atoms with van der Waals surface area (Å²) in [4.78, 5) is 16.3. The van der Waals surface area contributed by atoms with E-state index in [1.54, 1.807) is 57.7 Å². The Hall–Kier alpha value is -3.33. The van der Waals surface area contributed by atoms with E-state index in [0.717, 1.165) is 63.8 Å². The maximum absolute atomic E-state index is 9.30. The summed E-state index contributed by atoms with van der Waals surface area (Å²) in [6.45, 7) is 0. The van der Waals surface area contributed by atoms with Crippen LogP contribution in [0, 0.1) is 0 Å². The Labute approximate surface area is 443 Å². The highest BCUT2D eigenvalue weighted by Crippen LogP contribution is 2.33. The van der Waals surface area contributed by atoms with E-state index in [9.17, 15) is 5.11 Å². The first-order valence-corrected chi connectivity index (χ1v) is 26.0. The molecule has 14 nitrogen and oxygen atoms in total. The summed E-state index contributed by atoms with van der Waals surface area (Å²) in [7, 11) is 4.90. The molecule has 0 spiro atoms. The van der Waals surface area contributed by atoms with Gasteiger partial charge in [0, 0.05) is 23.9 Å². The highest BCUT2D eigenvalue weighted by molar-refractivity contribution is 9.70. The van der Waals surface area contributed by atoms with Gasteiger partial charge >= 0.3 is 6.37 Å². The van der Waals surface area contributed by atoms with Crippen LogP contribution in [0.3, 0.4) is 0 Å². The number of anilines is 5. The molecule has 0 aliphatic rings. The number of phenolic OH excluding ortho intramolecular Hbond substituents is 2. The third-order valence-electron chi connectivity index (χ3n) is 7.12. The number of aromatic hydroxyl groups is 2. The number of thiazole rings is 4. The quantitative estimate of drug-likeness (QED) is 0.0642. The number of methoxy groups -OCH3 is 3. The first-order chi connectivity index (χ1) is 29.9. The van der Waals surface area contributed by atoms with Gasteiger partial charge in [-0.25, -0.2) is 19.9 Å². The zero-order chi connectivity index (χ0) is 46.6. The molecule has 9 aromatic rings. The molecule has 26 heteroatoms. The SMILES string of the molecule is BrB(Br)Br.BrB(Br)Br.C.C.COc1ccc2sc(N)nc2c1.COc1cccc(N)c1.COc1cccc2nc(N)sc12.Nc1nc2cc(O)ccc2s1.Nc1nc2cccc(O)c2s1. The molecule has 0 amide bonds. The van der Waals surface area contributed by atoms with Crippen molar-refractivity contribution in [1.29, 1.82) is 0 Å². The maximum atomic E-state index is 9.30. The molecular formula is C39H45B2Br6N9O5S4. The van der Waals surface area contributed by atoms with Gasteiger partial charge in [-0.1, -0.05) is 78.4 Å². The zero-order valence-electron chi connectivity index (χ0n) is 33.1. The Kier molecular flexibility index (Phi) is 28.3. The fourth-order valence-electron chi connectivity index (χ4n) is 4.68. The number of hydrogen-bond acceptors (Lipinski definition) is 18. The number of halogens is 6. The summed E-state index contributed by atoms with van der Waals surface area (Å²) in [6, 6.07) is 29.0. The summed E-state index contributed by atoms with van der Waals surface area (Å²) in [6.07, 6.45) is 0. The van der Waals surface area contributed by atoms with Gasteiger partial charge < -0.3 is 53.1 Å². The second-order valence-corrected chi connectivity index (χ2v) is 28.5. The summed E-state index contributed by atoms with van der Waals surface area (Å²) < 4.78 is 19.5. The highest BCUT2D eigenvalue weighted by atomic mass is 80.0. The Morgan fingerprint density at radius 1 is 0.477 bits per heavy atom. The van der Waals surface area contributed by atoms with E-state index in [-0.39, 0.29) is 32.7 Å². The standard InChI is InChI=1S/2C8H8N2OS.2C7H6N2OS.C7H9NO.2CH4.2BBr3/c1-11-5-2-3-7-6(4-5)10-8(9)12-7;1-11-6-4-2-3-5-7(6)12-8(9)10-5;8-7-9-5-3-4(10)1-2-6(5)11-7;8-7-9-4-2-1-3-5(10)6(4)11-7;1-9-7-4-2-3-6(8)5-7;;;2*2-1(3)4/h2*2-4H,1H3,(H2,9,10);2*1-3,10H,(H2,8,9);2-5H,8H2,1H3;2*1H4;;. The maximum Gasteiger partial charge on any atom is 0.369 e. The molecule has 5 aromatic carbocycles. The van der Waals surface area contributed by atoms with Gasteiger partial charge in [-0.3, -0.25) is 0 Å². The number of nitrogens with two attached hydrogens (primary N) is 5. The van der Waals surface area contributed by atoms with Crippen molar-refractivity contribution < 1.29 is 24.4 Å². The molecule has 65 heavy (non-hydrogen) atoms. The number of ether oxygens (including phenoxy) is 3. The largest absolute Gasteiger partial charge is 0.508 e. The number of benzene rings is 5. The Balaban J connectivity index is 0.000000388. The molecule has 0 radical (unpaired) electrons. The van der Waals surface area contributed by atoms with Crippen molar-refractivity contribution in [1.82, 2.24) is 19.9 Å². The van der Waals surface area contributed by atoms with Crippen molar-refractivity contribution in [3.8, 4) is 28.7 Å². The van der Waals surface area contributed by atoms with Crippen molar-refractivity contribution in [2.75, 3.05) is 50.0 Å². The van der Waals surface area contributed by atoms with Crippen LogP contribution >= 0.6 is 140 Å². The number of nitrogen functional groups attached to an aromatic ring is 5. The number of nitrogens with zero attached hydrogens (tertiary/aromatic N) is 4. The highest BCUT2D eigenvalue weighted by Gasteiger charge is 2.06. The molecule has 348 valence electrons. The predicted molar refractivity (Wildman–Crippen MR) is 309 cm³/mol. The smallest absolute Gasteiger partial charge is 0.369 e. The van der Waals surface area contributed by atoms with E-state index < -0.39 is 0 Å². The molecule has 4 aromatic heterocycles. The van der Waals surface area contributed by atoms with E-state index >= 15 is 0 Å². The van der Waals surface area contributed by atoms with Crippen LogP contribution in [0.2, 0.25) is 0 Å². The Morgan fingerprint density at radius 2 is 0.908 bits per heavy atom. The normalized spacial score (nSPS) is 9.49. The Bertz CT molecular complexity index is 2770. The van der Waals surface area contributed by atoms with Gasteiger partial charge in [0.25, 0.3) is 0 Å². The summed E-state index contributed by atoms with van der Waals surface area (Å²) in [5.74, 6) is 2.92. The van der Waals surface area contributed by atoms with Crippen molar-refractivity contribution in [2.24, 2.45) is 0 Å². The number of hydrogen-bond donors (Lipinski definition) is 7. The second-order valence-electron chi connectivity index (χ2n) is 11.4. The minimum atomic E-state index is 0. The van der Waals surface area contributed by atoms with Crippen LogP contribution in [-0.2, 0) is 0 Å². The minimum absolute atomic E-state index is 0. The first kappa shape index (κ1) is 59.7. The van der Waals surface area contributed by atoms with Gasteiger partial charge in [-0.2, -0.15) is 0 Å². The van der Waals surface area contributed by atoms with Crippen molar-refractivity contribution in [2.45, 2.75) is 14.9 Å². The van der Waals surface area contributed by atoms with Crippen molar-refractivity contribution in [3.63, 3.8) is 0 Å². The molecule has 4 heterocycles. The van der Waals surface area contributed by atoms with Crippen LogP contribution in [-0.4, -0.2) is 57.8 Å².